The smallest absolute Gasteiger partial charge is 0.0645 e. The zero-order valence-corrected chi connectivity index (χ0v) is 19.7. The molecule has 1 aliphatic rings. The van der Waals surface area contributed by atoms with E-state index < -0.39 is 0 Å². The van der Waals surface area contributed by atoms with Gasteiger partial charge >= 0.3 is 0 Å². The van der Waals surface area contributed by atoms with E-state index in [0.717, 1.165) is 5.69 Å². The molecule has 0 saturated carbocycles. The van der Waals surface area contributed by atoms with Crippen LogP contribution in [0.2, 0.25) is 0 Å². The van der Waals surface area contributed by atoms with Crippen LogP contribution in [-0.4, -0.2) is 4.98 Å². The number of aromatic nitrogens is 1. The average Bonchev–Trinajstić information content (AvgIpc) is 2.67. The second kappa shape index (κ2) is 6.70. The SMILES string of the molecule is CC(C)(C)c1ccc2c(c1)C(C)(C)c1cc(C(C)(C)C)ccc1N2c1cccnc1. The molecule has 1 aliphatic heterocycles. The Morgan fingerprint density at radius 2 is 1.23 bits per heavy atom. The van der Waals surface area contributed by atoms with Crippen LogP contribution < -0.4 is 4.90 Å². The number of fused-ring (bicyclic) bond motifs is 2. The van der Waals surface area contributed by atoms with Crippen molar-refractivity contribution in [3.8, 4) is 0 Å². The van der Waals surface area contributed by atoms with Crippen LogP contribution in [0, 0.1) is 0 Å². The Bertz CT molecular complexity index is 1010. The van der Waals surface area contributed by atoms with Gasteiger partial charge in [-0.15, -0.1) is 0 Å². The van der Waals surface area contributed by atoms with E-state index in [1.54, 1.807) is 0 Å². The topological polar surface area (TPSA) is 16.1 Å². The highest BCUT2D eigenvalue weighted by Crippen LogP contribution is 2.53. The Labute approximate surface area is 182 Å². The molecule has 0 spiro atoms. The van der Waals surface area contributed by atoms with Gasteiger partial charge in [-0.05, 0) is 57.3 Å². The van der Waals surface area contributed by atoms with Crippen LogP contribution in [0.3, 0.4) is 0 Å². The third-order valence-electron chi connectivity index (χ3n) is 6.46. The van der Waals surface area contributed by atoms with E-state index in [9.17, 15) is 0 Å². The lowest BCUT2D eigenvalue weighted by molar-refractivity contribution is 0.573. The lowest BCUT2D eigenvalue weighted by Crippen LogP contribution is -2.32. The normalized spacial score (nSPS) is 15.5. The third kappa shape index (κ3) is 3.33. The molecule has 2 nitrogen and oxygen atoms in total. The predicted octanol–water partition coefficient (Wildman–Crippen LogP) is 7.79. The fraction of sp³-hybridized carbons (Fsp3) is 0.393. The second-order valence-electron chi connectivity index (χ2n) is 11.1. The van der Waals surface area contributed by atoms with Gasteiger partial charge in [0.1, 0.15) is 0 Å². The van der Waals surface area contributed by atoms with E-state index in [2.05, 4.69) is 108 Å². The molecule has 2 heteroatoms. The summed E-state index contributed by atoms with van der Waals surface area (Å²) in [6.07, 6.45) is 3.80. The van der Waals surface area contributed by atoms with Crippen molar-refractivity contribution in [3.05, 3.63) is 83.2 Å². The Hall–Kier alpha value is -2.61. The molecular weight excluding hydrogens is 364 g/mol. The van der Waals surface area contributed by atoms with Gasteiger partial charge in [-0.3, -0.25) is 4.98 Å². The highest BCUT2D eigenvalue weighted by Gasteiger charge is 2.38. The summed E-state index contributed by atoms with van der Waals surface area (Å²) in [5.41, 5.74) is 9.21. The first-order chi connectivity index (χ1) is 13.9. The van der Waals surface area contributed by atoms with Gasteiger partial charge in [-0.2, -0.15) is 0 Å². The minimum absolute atomic E-state index is 0.0914. The van der Waals surface area contributed by atoms with E-state index in [1.807, 2.05) is 18.5 Å². The van der Waals surface area contributed by atoms with Crippen molar-refractivity contribution in [2.75, 3.05) is 4.90 Å². The summed E-state index contributed by atoms with van der Waals surface area (Å²) in [4.78, 5) is 6.79. The summed E-state index contributed by atoms with van der Waals surface area (Å²) >= 11 is 0. The maximum atomic E-state index is 4.41. The molecule has 0 N–H and O–H groups in total. The summed E-state index contributed by atoms with van der Waals surface area (Å²) in [7, 11) is 0. The van der Waals surface area contributed by atoms with E-state index in [4.69, 9.17) is 0 Å². The zero-order chi connectivity index (χ0) is 21.9. The maximum Gasteiger partial charge on any atom is 0.0645 e. The first kappa shape index (κ1) is 20.7. The monoisotopic (exact) mass is 398 g/mol. The number of anilines is 3. The molecule has 156 valence electrons. The van der Waals surface area contributed by atoms with Crippen molar-refractivity contribution in [1.29, 1.82) is 0 Å². The first-order valence-corrected chi connectivity index (χ1v) is 10.9. The molecule has 1 aromatic heterocycles. The molecule has 0 aliphatic carbocycles. The van der Waals surface area contributed by atoms with Gasteiger partial charge in [-0.25, -0.2) is 0 Å². The largest absolute Gasteiger partial charge is 0.308 e. The highest BCUT2D eigenvalue weighted by molar-refractivity contribution is 5.86. The minimum atomic E-state index is -0.0914. The van der Waals surface area contributed by atoms with Crippen molar-refractivity contribution in [1.82, 2.24) is 4.98 Å². The molecule has 0 saturated heterocycles. The van der Waals surface area contributed by atoms with Crippen molar-refractivity contribution >= 4 is 17.1 Å². The Balaban J connectivity index is 2.03. The average molecular weight is 399 g/mol. The number of pyridine rings is 1. The van der Waals surface area contributed by atoms with Gasteiger partial charge in [0, 0.05) is 11.6 Å². The lowest BCUT2D eigenvalue weighted by Gasteiger charge is -2.43. The molecule has 0 fully saturated rings. The van der Waals surface area contributed by atoms with Crippen LogP contribution in [0.25, 0.3) is 0 Å². The quantitative estimate of drug-likeness (QED) is 0.416. The van der Waals surface area contributed by atoms with Crippen LogP contribution in [0.5, 0.6) is 0 Å². The first-order valence-electron chi connectivity index (χ1n) is 10.9. The second-order valence-corrected chi connectivity index (χ2v) is 11.1. The minimum Gasteiger partial charge on any atom is -0.308 e. The van der Waals surface area contributed by atoms with Gasteiger partial charge in [0.2, 0.25) is 0 Å². The van der Waals surface area contributed by atoms with Gasteiger partial charge in [-0.1, -0.05) is 79.7 Å². The number of benzene rings is 2. The maximum absolute atomic E-state index is 4.41. The van der Waals surface area contributed by atoms with Gasteiger partial charge in [0.15, 0.2) is 0 Å². The summed E-state index contributed by atoms with van der Waals surface area (Å²) in [5, 5.41) is 0. The summed E-state index contributed by atoms with van der Waals surface area (Å²) in [6, 6.07) is 18.2. The van der Waals surface area contributed by atoms with Crippen LogP contribution in [0.4, 0.5) is 17.1 Å². The van der Waals surface area contributed by atoms with Crippen LogP contribution in [0.15, 0.2) is 60.9 Å². The molecule has 2 heterocycles. The number of hydrogen-bond acceptors (Lipinski definition) is 2. The molecule has 4 rings (SSSR count). The Morgan fingerprint density at radius 1 is 0.733 bits per heavy atom. The molecule has 0 atom stereocenters. The molecule has 0 amide bonds. The summed E-state index contributed by atoms with van der Waals surface area (Å²) < 4.78 is 0. The number of nitrogens with zero attached hydrogens (tertiary/aromatic N) is 2. The van der Waals surface area contributed by atoms with Gasteiger partial charge < -0.3 is 4.90 Å². The Kier molecular flexibility index (Phi) is 4.61. The molecule has 3 aromatic rings. The molecule has 0 unspecified atom stereocenters. The zero-order valence-electron chi connectivity index (χ0n) is 19.7. The number of hydrogen-bond donors (Lipinski definition) is 0. The van der Waals surface area contributed by atoms with Crippen molar-refractivity contribution in [2.24, 2.45) is 0 Å². The lowest BCUT2D eigenvalue weighted by atomic mass is 9.70. The van der Waals surface area contributed by atoms with Crippen LogP contribution >= 0.6 is 0 Å². The highest BCUT2D eigenvalue weighted by atomic mass is 15.2. The Morgan fingerprint density at radius 3 is 1.63 bits per heavy atom. The summed E-state index contributed by atoms with van der Waals surface area (Å²) in [5.74, 6) is 0. The van der Waals surface area contributed by atoms with E-state index in [0.29, 0.717) is 0 Å². The van der Waals surface area contributed by atoms with Crippen LogP contribution in [-0.2, 0) is 16.2 Å². The predicted molar refractivity (Wildman–Crippen MR) is 128 cm³/mol. The van der Waals surface area contributed by atoms with E-state index >= 15 is 0 Å². The van der Waals surface area contributed by atoms with Crippen molar-refractivity contribution in [2.45, 2.75) is 71.6 Å². The summed E-state index contributed by atoms with van der Waals surface area (Å²) in [6.45, 7) is 18.5. The molecular formula is C28H34N2. The number of rotatable bonds is 1. The standard InChI is InChI=1S/C28H34N2/c1-26(2,3)19-11-13-24-22(16-19)28(7,8)23-17-20(27(4,5)6)12-14-25(23)30(24)21-10-9-15-29-18-21/h9-18H,1-8H3. The van der Waals surface area contributed by atoms with Crippen LogP contribution in [0.1, 0.15) is 77.6 Å². The van der Waals surface area contributed by atoms with Gasteiger partial charge in [0.05, 0.1) is 23.3 Å². The molecule has 30 heavy (non-hydrogen) atoms. The fourth-order valence-corrected chi connectivity index (χ4v) is 4.44. The van der Waals surface area contributed by atoms with E-state index in [1.165, 1.54) is 33.6 Å². The molecule has 0 radical (unpaired) electrons. The molecule has 2 aromatic carbocycles. The third-order valence-corrected chi connectivity index (χ3v) is 6.46. The van der Waals surface area contributed by atoms with Crippen molar-refractivity contribution in [3.63, 3.8) is 0 Å². The van der Waals surface area contributed by atoms with E-state index in [-0.39, 0.29) is 16.2 Å². The molecule has 0 bridgehead atoms. The van der Waals surface area contributed by atoms with Crippen molar-refractivity contribution < 1.29 is 0 Å². The van der Waals surface area contributed by atoms with Gasteiger partial charge in [0.25, 0.3) is 0 Å². The fourth-order valence-electron chi connectivity index (χ4n) is 4.44.